The van der Waals surface area contributed by atoms with Crippen molar-refractivity contribution in [3.05, 3.63) is 29.8 Å². The molecule has 102 valence electrons. The van der Waals surface area contributed by atoms with Crippen LogP contribution < -0.4 is 5.32 Å². The first-order chi connectivity index (χ1) is 9.19. The van der Waals surface area contributed by atoms with Gasteiger partial charge >= 0.3 is 0 Å². The van der Waals surface area contributed by atoms with E-state index in [1.54, 1.807) is 24.3 Å². The largest absolute Gasteiger partial charge is 0.325 e. The molecule has 0 radical (unpaired) electrons. The van der Waals surface area contributed by atoms with Crippen LogP contribution in [0.5, 0.6) is 0 Å². The van der Waals surface area contributed by atoms with Gasteiger partial charge in [0.25, 0.3) is 0 Å². The summed E-state index contributed by atoms with van der Waals surface area (Å²) in [5.41, 5.74) is 1.23. The van der Waals surface area contributed by atoms with Crippen LogP contribution in [0, 0.1) is 11.3 Å². The second-order valence-corrected chi connectivity index (χ2v) is 4.52. The lowest BCUT2D eigenvalue weighted by Crippen LogP contribution is -2.34. The van der Waals surface area contributed by atoms with E-state index in [0.29, 0.717) is 17.8 Å². The third-order valence-electron chi connectivity index (χ3n) is 2.72. The van der Waals surface area contributed by atoms with Crippen LogP contribution in [0.2, 0.25) is 0 Å². The minimum absolute atomic E-state index is 0.0306. The minimum atomic E-state index is -0.0306. The molecule has 0 atom stereocenters. The highest BCUT2D eigenvalue weighted by molar-refractivity contribution is 5.92. The van der Waals surface area contributed by atoms with E-state index in [4.69, 9.17) is 5.26 Å². The Hall–Kier alpha value is -1.86. The van der Waals surface area contributed by atoms with E-state index in [0.717, 1.165) is 25.9 Å². The van der Waals surface area contributed by atoms with Gasteiger partial charge in [0.05, 0.1) is 18.2 Å². The predicted molar refractivity (Wildman–Crippen MR) is 76.8 cm³/mol. The van der Waals surface area contributed by atoms with Gasteiger partial charge in [-0.25, -0.2) is 0 Å². The van der Waals surface area contributed by atoms with E-state index < -0.39 is 0 Å². The van der Waals surface area contributed by atoms with Crippen LogP contribution in [0.3, 0.4) is 0 Å². The number of amides is 1. The number of rotatable bonds is 7. The number of hydrogen-bond acceptors (Lipinski definition) is 3. The molecule has 0 aliphatic heterocycles. The van der Waals surface area contributed by atoms with Crippen molar-refractivity contribution in [2.75, 3.05) is 25.0 Å². The summed E-state index contributed by atoms with van der Waals surface area (Å²) >= 11 is 0. The third kappa shape index (κ3) is 5.54. The van der Waals surface area contributed by atoms with E-state index in [1.807, 2.05) is 0 Å². The lowest BCUT2D eigenvalue weighted by atomic mass is 10.2. The van der Waals surface area contributed by atoms with Gasteiger partial charge in [-0.1, -0.05) is 19.9 Å². The van der Waals surface area contributed by atoms with E-state index in [9.17, 15) is 4.79 Å². The van der Waals surface area contributed by atoms with Crippen molar-refractivity contribution in [2.45, 2.75) is 26.7 Å². The molecule has 4 nitrogen and oxygen atoms in total. The van der Waals surface area contributed by atoms with Crippen LogP contribution >= 0.6 is 0 Å². The molecular weight excluding hydrogens is 238 g/mol. The Morgan fingerprint density at radius 1 is 1.32 bits per heavy atom. The number of nitriles is 1. The second-order valence-electron chi connectivity index (χ2n) is 4.52. The van der Waals surface area contributed by atoms with Crippen LogP contribution in [0.15, 0.2) is 24.3 Å². The fraction of sp³-hybridized carbons (Fsp3) is 0.467. The van der Waals surface area contributed by atoms with Gasteiger partial charge in [-0.3, -0.25) is 9.69 Å². The molecule has 4 heteroatoms. The van der Waals surface area contributed by atoms with Crippen molar-refractivity contribution in [3.63, 3.8) is 0 Å². The summed E-state index contributed by atoms with van der Waals surface area (Å²) < 4.78 is 0. The molecule has 19 heavy (non-hydrogen) atoms. The van der Waals surface area contributed by atoms with E-state index >= 15 is 0 Å². The van der Waals surface area contributed by atoms with Crippen LogP contribution in [0.1, 0.15) is 32.3 Å². The van der Waals surface area contributed by atoms with Gasteiger partial charge in [0.1, 0.15) is 0 Å². The molecule has 1 N–H and O–H groups in total. The van der Waals surface area contributed by atoms with Gasteiger partial charge in [0, 0.05) is 5.69 Å². The van der Waals surface area contributed by atoms with E-state index in [-0.39, 0.29) is 5.91 Å². The third-order valence-corrected chi connectivity index (χ3v) is 2.72. The molecule has 1 amide bonds. The van der Waals surface area contributed by atoms with E-state index in [2.05, 4.69) is 30.1 Å². The zero-order valence-corrected chi connectivity index (χ0v) is 11.6. The molecule has 1 aromatic rings. The Bertz CT molecular complexity index is 445. The van der Waals surface area contributed by atoms with Crippen LogP contribution in [0.25, 0.3) is 0 Å². The van der Waals surface area contributed by atoms with E-state index in [1.165, 1.54) is 0 Å². The number of carbonyl (C=O) groups excluding carboxylic acids is 1. The van der Waals surface area contributed by atoms with Gasteiger partial charge in [-0.2, -0.15) is 5.26 Å². The first kappa shape index (κ1) is 15.2. The van der Waals surface area contributed by atoms with Crippen LogP contribution in [-0.4, -0.2) is 30.4 Å². The Kier molecular flexibility index (Phi) is 6.62. The smallest absolute Gasteiger partial charge is 0.238 e. The molecule has 1 aromatic carbocycles. The van der Waals surface area contributed by atoms with Crippen molar-refractivity contribution in [1.29, 1.82) is 5.26 Å². The van der Waals surface area contributed by atoms with Crippen LogP contribution in [-0.2, 0) is 4.79 Å². The molecule has 0 bridgehead atoms. The SMILES string of the molecule is CCCN(CCC)CC(=O)Nc1cccc(C#N)c1. The number of carbonyl (C=O) groups is 1. The fourth-order valence-electron chi connectivity index (χ4n) is 1.97. The quantitative estimate of drug-likeness (QED) is 0.819. The van der Waals surface area contributed by atoms with Gasteiger partial charge in [-0.05, 0) is 44.1 Å². The molecular formula is C15H21N3O. The maximum absolute atomic E-state index is 11.9. The molecule has 0 aliphatic carbocycles. The molecule has 0 fully saturated rings. The molecule has 1 rings (SSSR count). The summed E-state index contributed by atoms with van der Waals surface area (Å²) in [6, 6.07) is 9.02. The van der Waals surface area contributed by atoms with Crippen molar-refractivity contribution >= 4 is 11.6 Å². The topological polar surface area (TPSA) is 56.1 Å². The predicted octanol–water partition coefficient (Wildman–Crippen LogP) is 2.62. The number of benzene rings is 1. The monoisotopic (exact) mass is 259 g/mol. The Morgan fingerprint density at radius 3 is 2.58 bits per heavy atom. The highest BCUT2D eigenvalue weighted by atomic mass is 16.2. The van der Waals surface area contributed by atoms with Gasteiger partial charge in [0.15, 0.2) is 0 Å². The normalized spacial score (nSPS) is 10.2. The van der Waals surface area contributed by atoms with Crippen molar-refractivity contribution in [1.82, 2.24) is 4.90 Å². The van der Waals surface area contributed by atoms with Crippen LogP contribution in [0.4, 0.5) is 5.69 Å². The molecule has 0 saturated carbocycles. The first-order valence-corrected chi connectivity index (χ1v) is 6.72. The Labute approximate surface area is 115 Å². The van der Waals surface area contributed by atoms with Gasteiger partial charge in [0.2, 0.25) is 5.91 Å². The van der Waals surface area contributed by atoms with Crippen molar-refractivity contribution in [2.24, 2.45) is 0 Å². The summed E-state index contributed by atoms with van der Waals surface area (Å²) in [7, 11) is 0. The highest BCUT2D eigenvalue weighted by Crippen LogP contribution is 2.09. The zero-order valence-electron chi connectivity index (χ0n) is 11.6. The average Bonchev–Trinajstić information content (AvgIpc) is 2.39. The summed E-state index contributed by atoms with van der Waals surface area (Å²) in [6.45, 7) is 6.48. The van der Waals surface area contributed by atoms with Crippen molar-refractivity contribution in [3.8, 4) is 6.07 Å². The lowest BCUT2D eigenvalue weighted by molar-refractivity contribution is -0.117. The Balaban J connectivity index is 2.56. The second kappa shape index (κ2) is 8.28. The molecule has 0 unspecified atom stereocenters. The molecule has 0 spiro atoms. The molecule has 0 aromatic heterocycles. The number of anilines is 1. The molecule has 0 aliphatic rings. The summed E-state index contributed by atoms with van der Waals surface area (Å²) in [5.74, 6) is -0.0306. The average molecular weight is 259 g/mol. The molecule has 0 heterocycles. The number of hydrogen-bond donors (Lipinski definition) is 1. The Morgan fingerprint density at radius 2 is 2.00 bits per heavy atom. The maximum atomic E-state index is 11.9. The maximum Gasteiger partial charge on any atom is 0.238 e. The summed E-state index contributed by atoms with van der Waals surface area (Å²) in [5, 5.41) is 11.6. The fourth-order valence-corrected chi connectivity index (χ4v) is 1.97. The van der Waals surface area contributed by atoms with Crippen molar-refractivity contribution < 1.29 is 4.79 Å². The summed E-state index contributed by atoms with van der Waals surface area (Å²) in [4.78, 5) is 14.1. The minimum Gasteiger partial charge on any atom is -0.325 e. The standard InChI is InChI=1S/C15H21N3O/c1-3-8-18(9-4-2)12-15(19)17-14-7-5-6-13(10-14)11-16/h5-7,10H,3-4,8-9,12H2,1-2H3,(H,17,19). The highest BCUT2D eigenvalue weighted by Gasteiger charge is 2.09. The number of nitrogens with zero attached hydrogens (tertiary/aromatic N) is 2. The molecule has 0 saturated heterocycles. The number of nitrogens with one attached hydrogen (secondary N) is 1. The first-order valence-electron chi connectivity index (χ1n) is 6.72. The zero-order chi connectivity index (χ0) is 14.1. The van der Waals surface area contributed by atoms with Gasteiger partial charge < -0.3 is 5.32 Å². The summed E-state index contributed by atoms with van der Waals surface area (Å²) in [6.07, 6.45) is 2.08. The lowest BCUT2D eigenvalue weighted by Gasteiger charge is -2.20. The van der Waals surface area contributed by atoms with Gasteiger partial charge in [-0.15, -0.1) is 0 Å².